The first-order valence-electron chi connectivity index (χ1n) is 10.9. The highest BCUT2D eigenvalue weighted by molar-refractivity contribution is 6.00. The van der Waals surface area contributed by atoms with Crippen molar-refractivity contribution in [2.45, 2.75) is 12.3 Å². The van der Waals surface area contributed by atoms with Gasteiger partial charge in [-0.15, -0.1) is 0 Å². The number of anilines is 2. The SMILES string of the molecule is O=C(CC1c2ccccc2-c2ccccc21)NNC(=O)N(c1ccccc1)c1ccccc1. The number of carbonyl (C=O) groups excluding carboxylic acids is 2. The number of hydrazine groups is 1. The highest BCUT2D eigenvalue weighted by atomic mass is 16.2. The molecule has 5 nitrogen and oxygen atoms in total. The fourth-order valence-corrected chi connectivity index (χ4v) is 4.43. The summed E-state index contributed by atoms with van der Waals surface area (Å²) in [6.45, 7) is 0. The number of carbonyl (C=O) groups is 2. The van der Waals surface area contributed by atoms with Gasteiger partial charge in [0.05, 0.1) is 11.4 Å². The van der Waals surface area contributed by atoms with E-state index in [-0.39, 0.29) is 18.2 Å². The number of hydrogen-bond acceptors (Lipinski definition) is 2. The molecule has 4 aromatic carbocycles. The van der Waals surface area contributed by atoms with Gasteiger partial charge in [0.15, 0.2) is 0 Å². The van der Waals surface area contributed by atoms with Gasteiger partial charge in [0.2, 0.25) is 5.91 Å². The Kier molecular flexibility index (Phi) is 5.60. The van der Waals surface area contributed by atoms with Crippen LogP contribution in [0.1, 0.15) is 23.5 Å². The molecule has 5 heteroatoms. The lowest BCUT2D eigenvalue weighted by molar-refractivity contribution is -0.122. The Bertz CT molecular complexity index is 1200. The Hall–Kier alpha value is -4.38. The van der Waals surface area contributed by atoms with Crippen LogP contribution in [0.2, 0.25) is 0 Å². The van der Waals surface area contributed by atoms with E-state index < -0.39 is 6.03 Å². The second-order valence-electron chi connectivity index (χ2n) is 7.92. The molecule has 4 aromatic rings. The zero-order valence-corrected chi connectivity index (χ0v) is 17.9. The zero-order valence-electron chi connectivity index (χ0n) is 17.9. The summed E-state index contributed by atoms with van der Waals surface area (Å²) in [5.74, 6) is -0.297. The van der Waals surface area contributed by atoms with Crippen LogP contribution >= 0.6 is 0 Å². The molecule has 0 heterocycles. The lowest BCUT2D eigenvalue weighted by atomic mass is 9.93. The number of rotatable bonds is 4. The molecule has 0 radical (unpaired) electrons. The number of amides is 3. The Morgan fingerprint density at radius 1 is 0.606 bits per heavy atom. The number of benzene rings is 4. The predicted octanol–water partition coefficient (Wildman–Crippen LogP) is 5.77. The molecule has 1 aliphatic rings. The Morgan fingerprint density at radius 3 is 1.58 bits per heavy atom. The van der Waals surface area contributed by atoms with Gasteiger partial charge in [0.1, 0.15) is 0 Å². The summed E-state index contributed by atoms with van der Waals surface area (Å²) in [6.07, 6.45) is 0.241. The number of nitrogens with zero attached hydrogens (tertiary/aromatic N) is 1. The van der Waals surface area contributed by atoms with Crippen LogP contribution in [0.25, 0.3) is 11.1 Å². The first-order chi connectivity index (χ1) is 16.2. The predicted molar refractivity (Wildman–Crippen MR) is 130 cm³/mol. The summed E-state index contributed by atoms with van der Waals surface area (Å²) in [6, 6.07) is 34.5. The smallest absolute Gasteiger partial charge is 0.273 e. The van der Waals surface area contributed by atoms with E-state index in [9.17, 15) is 9.59 Å². The molecule has 0 fully saturated rings. The quantitative estimate of drug-likeness (QED) is 0.402. The molecule has 5 rings (SSSR count). The Labute approximate surface area is 192 Å². The molecule has 0 aliphatic heterocycles. The van der Waals surface area contributed by atoms with Crippen LogP contribution in [0, 0.1) is 0 Å². The van der Waals surface area contributed by atoms with Crippen molar-refractivity contribution in [3.05, 3.63) is 120 Å². The average molecular weight is 434 g/mol. The summed E-state index contributed by atoms with van der Waals surface area (Å²) >= 11 is 0. The monoisotopic (exact) mass is 433 g/mol. The molecular formula is C28H23N3O2. The summed E-state index contributed by atoms with van der Waals surface area (Å²) in [5.41, 5.74) is 11.2. The van der Waals surface area contributed by atoms with Crippen LogP contribution < -0.4 is 15.8 Å². The third-order valence-corrected chi connectivity index (χ3v) is 5.89. The minimum Gasteiger partial charge on any atom is -0.273 e. The van der Waals surface area contributed by atoms with Crippen molar-refractivity contribution in [3.63, 3.8) is 0 Å². The van der Waals surface area contributed by atoms with Gasteiger partial charge in [-0.25, -0.2) is 10.2 Å². The molecule has 0 bridgehead atoms. The van der Waals surface area contributed by atoms with Gasteiger partial charge in [-0.1, -0.05) is 84.9 Å². The fraction of sp³-hybridized carbons (Fsp3) is 0.0714. The van der Waals surface area contributed by atoms with Crippen molar-refractivity contribution in [2.24, 2.45) is 0 Å². The van der Waals surface area contributed by atoms with Gasteiger partial charge in [0, 0.05) is 12.3 Å². The average Bonchev–Trinajstić information content (AvgIpc) is 3.18. The molecular weight excluding hydrogens is 410 g/mol. The van der Waals surface area contributed by atoms with Gasteiger partial charge in [0.25, 0.3) is 0 Å². The van der Waals surface area contributed by atoms with Crippen molar-refractivity contribution >= 4 is 23.3 Å². The number of nitrogens with one attached hydrogen (secondary N) is 2. The van der Waals surface area contributed by atoms with E-state index in [4.69, 9.17) is 0 Å². The first-order valence-corrected chi connectivity index (χ1v) is 10.9. The maximum Gasteiger partial charge on any atom is 0.345 e. The van der Waals surface area contributed by atoms with Gasteiger partial charge in [-0.05, 0) is 46.5 Å². The molecule has 0 saturated heterocycles. The van der Waals surface area contributed by atoms with Gasteiger partial charge < -0.3 is 0 Å². The Balaban J connectivity index is 1.31. The normalized spacial score (nSPS) is 11.9. The van der Waals surface area contributed by atoms with Crippen LogP contribution in [0.5, 0.6) is 0 Å². The van der Waals surface area contributed by atoms with Crippen LogP contribution in [-0.4, -0.2) is 11.9 Å². The summed E-state index contributed by atoms with van der Waals surface area (Å²) in [5, 5.41) is 0. The third-order valence-electron chi connectivity index (χ3n) is 5.89. The molecule has 3 amide bonds. The summed E-state index contributed by atoms with van der Waals surface area (Å²) < 4.78 is 0. The molecule has 162 valence electrons. The molecule has 1 aliphatic carbocycles. The number of urea groups is 1. The summed E-state index contributed by atoms with van der Waals surface area (Å²) in [7, 11) is 0. The Morgan fingerprint density at radius 2 is 1.06 bits per heavy atom. The molecule has 2 N–H and O–H groups in total. The van der Waals surface area contributed by atoms with E-state index in [0.717, 1.165) is 22.3 Å². The van der Waals surface area contributed by atoms with E-state index in [0.29, 0.717) is 11.4 Å². The van der Waals surface area contributed by atoms with Gasteiger partial charge >= 0.3 is 6.03 Å². The van der Waals surface area contributed by atoms with Gasteiger partial charge in [-0.3, -0.25) is 15.1 Å². The maximum atomic E-state index is 13.1. The molecule has 33 heavy (non-hydrogen) atoms. The number of para-hydroxylation sites is 2. The van der Waals surface area contributed by atoms with Crippen molar-refractivity contribution < 1.29 is 9.59 Å². The molecule has 0 saturated carbocycles. The minimum atomic E-state index is -0.437. The number of hydrogen-bond donors (Lipinski definition) is 2. The first kappa shape index (κ1) is 20.5. The molecule has 0 spiro atoms. The van der Waals surface area contributed by atoms with Crippen molar-refractivity contribution in [1.82, 2.24) is 10.9 Å². The van der Waals surface area contributed by atoms with Crippen LogP contribution in [0.4, 0.5) is 16.2 Å². The molecule has 0 atom stereocenters. The highest BCUT2D eigenvalue weighted by Crippen LogP contribution is 2.45. The van der Waals surface area contributed by atoms with Crippen molar-refractivity contribution in [1.29, 1.82) is 0 Å². The largest absolute Gasteiger partial charge is 0.345 e. The van der Waals surface area contributed by atoms with E-state index in [1.807, 2.05) is 84.9 Å². The summed E-state index contributed by atoms with van der Waals surface area (Å²) in [4.78, 5) is 27.5. The van der Waals surface area contributed by atoms with Gasteiger partial charge in [-0.2, -0.15) is 0 Å². The second kappa shape index (κ2) is 9.01. The fourth-order valence-electron chi connectivity index (χ4n) is 4.43. The van der Waals surface area contributed by atoms with E-state index in [1.54, 1.807) is 0 Å². The van der Waals surface area contributed by atoms with E-state index >= 15 is 0 Å². The van der Waals surface area contributed by atoms with E-state index in [1.165, 1.54) is 4.90 Å². The lowest BCUT2D eigenvalue weighted by Gasteiger charge is -2.23. The minimum absolute atomic E-state index is 0.0475. The number of fused-ring (bicyclic) bond motifs is 3. The molecule has 0 aromatic heterocycles. The third kappa shape index (κ3) is 4.08. The highest BCUT2D eigenvalue weighted by Gasteiger charge is 2.30. The maximum absolute atomic E-state index is 13.1. The second-order valence-corrected chi connectivity index (χ2v) is 7.92. The van der Waals surface area contributed by atoms with Crippen LogP contribution in [0.3, 0.4) is 0 Å². The van der Waals surface area contributed by atoms with Crippen molar-refractivity contribution in [2.75, 3.05) is 4.90 Å². The lowest BCUT2D eigenvalue weighted by Crippen LogP contribution is -2.47. The topological polar surface area (TPSA) is 61.4 Å². The van der Waals surface area contributed by atoms with E-state index in [2.05, 4.69) is 35.1 Å². The van der Waals surface area contributed by atoms with Crippen LogP contribution in [0.15, 0.2) is 109 Å². The molecule has 0 unspecified atom stereocenters. The van der Waals surface area contributed by atoms with Crippen LogP contribution in [-0.2, 0) is 4.79 Å². The standard InChI is InChI=1S/C28H23N3O2/c32-27(19-26-24-17-9-7-15-22(24)23-16-8-10-18-25(23)26)29-30-28(33)31(20-11-3-1-4-12-20)21-13-5-2-6-14-21/h1-18,26H,19H2,(H,29,32)(H,30,33). The zero-order chi connectivity index (χ0) is 22.6. The van der Waals surface area contributed by atoms with Crippen molar-refractivity contribution in [3.8, 4) is 11.1 Å².